The van der Waals surface area contributed by atoms with Gasteiger partial charge in [-0.05, 0) is 47.3 Å². The summed E-state index contributed by atoms with van der Waals surface area (Å²) in [7, 11) is -3.96. The minimum Gasteiger partial charge on any atom is -0.389 e. The van der Waals surface area contributed by atoms with E-state index in [-0.39, 0.29) is 11.0 Å². The standard InChI is InChI=1S/C11H13BrFNO3S/c12-8-3-1-4-9(13)10(8)18(16,17)14-7-11(15)5-2-6-11/h1,3-4,14-15H,2,5-7H2. The van der Waals surface area contributed by atoms with Gasteiger partial charge in [-0.15, -0.1) is 0 Å². The van der Waals surface area contributed by atoms with Gasteiger partial charge in [0, 0.05) is 11.0 Å². The number of halogens is 2. The van der Waals surface area contributed by atoms with Gasteiger partial charge in [-0.3, -0.25) is 0 Å². The number of hydrogen-bond acceptors (Lipinski definition) is 3. The molecule has 0 atom stereocenters. The Labute approximate surface area is 113 Å². The van der Waals surface area contributed by atoms with Gasteiger partial charge in [0.15, 0.2) is 0 Å². The van der Waals surface area contributed by atoms with Gasteiger partial charge >= 0.3 is 0 Å². The zero-order valence-electron chi connectivity index (χ0n) is 9.49. The molecule has 0 unspecified atom stereocenters. The van der Waals surface area contributed by atoms with Crippen LogP contribution in [0.15, 0.2) is 27.6 Å². The van der Waals surface area contributed by atoms with Crippen molar-refractivity contribution < 1.29 is 17.9 Å². The van der Waals surface area contributed by atoms with E-state index in [0.717, 1.165) is 12.5 Å². The summed E-state index contributed by atoms with van der Waals surface area (Å²) in [6, 6.07) is 3.95. The Kier molecular flexibility index (Phi) is 3.77. The van der Waals surface area contributed by atoms with Crippen LogP contribution in [0.2, 0.25) is 0 Å². The molecule has 0 spiro atoms. The average molecular weight is 338 g/mol. The molecule has 0 amide bonds. The lowest BCUT2D eigenvalue weighted by Crippen LogP contribution is -2.47. The summed E-state index contributed by atoms with van der Waals surface area (Å²) >= 11 is 3.01. The number of hydrogen-bond donors (Lipinski definition) is 2. The highest BCUT2D eigenvalue weighted by molar-refractivity contribution is 9.10. The minimum absolute atomic E-state index is 0.0872. The van der Waals surface area contributed by atoms with Crippen molar-refractivity contribution in [1.82, 2.24) is 4.72 Å². The summed E-state index contributed by atoms with van der Waals surface area (Å²) < 4.78 is 39.9. The summed E-state index contributed by atoms with van der Waals surface area (Å²) in [4.78, 5) is -0.423. The molecule has 0 aromatic heterocycles. The maximum absolute atomic E-state index is 13.6. The van der Waals surface area contributed by atoms with E-state index in [2.05, 4.69) is 20.7 Å². The summed E-state index contributed by atoms with van der Waals surface area (Å²) in [6.45, 7) is -0.0872. The van der Waals surface area contributed by atoms with Crippen LogP contribution in [0, 0.1) is 5.82 Å². The molecular formula is C11H13BrFNO3S. The van der Waals surface area contributed by atoms with Crippen LogP contribution in [0.1, 0.15) is 19.3 Å². The van der Waals surface area contributed by atoms with Gasteiger partial charge in [-0.1, -0.05) is 6.07 Å². The highest BCUT2D eigenvalue weighted by atomic mass is 79.9. The van der Waals surface area contributed by atoms with Crippen LogP contribution < -0.4 is 4.72 Å². The van der Waals surface area contributed by atoms with E-state index in [1.165, 1.54) is 12.1 Å². The second-order valence-corrected chi connectivity index (χ2v) is 7.01. The van der Waals surface area contributed by atoms with Crippen molar-refractivity contribution in [3.05, 3.63) is 28.5 Å². The van der Waals surface area contributed by atoms with E-state index in [0.29, 0.717) is 12.8 Å². The fourth-order valence-electron chi connectivity index (χ4n) is 1.80. The van der Waals surface area contributed by atoms with E-state index in [4.69, 9.17) is 0 Å². The molecule has 100 valence electrons. The SMILES string of the molecule is O=S(=O)(NCC1(O)CCC1)c1c(F)cccc1Br. The van der Waals surface area contributed by atoms with Crippen molar-refractivity contribution in [1.29, 1.82) is 0 Å². The number of benzene rings is 1. The molecule has 0 aliphatic heterocycles. The smallest absolute Gasteiger partial charge is 0.244 e. The summed E-state index contributed by atoms with van der Waals surface area (Å²) in [5.74, 6) is -0.822. The number of aliphatic hydroxyl groups is 1. The van der Waals surface area contributed by atoms with E-state index in [1.807, 2.05) is 0 Å². The molecule has 1 aliphatic carbocycles. The van der Waals surface area contributed by atoms with Crippen LogP contribution in [0.5, 0.6) is 0 Å². The number of nitrogens with one attached hydrogen (secondary N) is 1. The first-order valence-electron chi connectivity index (χ1n) is 5.50. The van der Waals surface area contributed by atoms with Crippen LogP contribution in [0.3, 0.4) is 0 Å². The lowest BCUT2D eigenvalue weighted by atomic mass is 9.81. The first-order chi connectivity index (χ1) is 8.34. The highest BCUT2D eigenvalue weighted by Crippen LogP contribution is 2.31. The molecule has 0 radical (unpaired) electrons. The monoisotopic (exact) mass is 337 g/mol. The summed E-state index contributed by atoms with van der Waals surface area (Å²) in [5.41, 5.74) is -0.981. The first-order valence-corrected chi connectivity index (χ1v) is 7.78. The van der Waals surface area contributed by atoms with Crippen LogP contribution in [-0.2, 0) is 10.0 Å². The molecule has 2 rings (SSSR count). The Morgan fingerprint density at radius 2 is 2.11 bits per heavy atom. The second-order valence-electron chi connectivity index (χ2n) is 4.45. The molecule has 18 heavy (non-hydrogen) atoms. The molecule has 1 aliphatic rings. The van der Waals surface area contributed by atoms with Crippen molar-refractivity contribution in [2.45, 2.75) is 29.8 Å². The lowest BCUT2D eigenvalue weighted by molar-refractivity contribution is -0.0271. The lowest BCUT2D eigenvalue weighted by Gasteiger charge is -2.36. The predicted octanol–water partition coefficient (Wildman–Crippen LogP) is 1.78. The largest absolute Gasteiger partial charge is 0.389 e. The van der Waals surface area contributed by atoms with Gasteiger partial charge in [-0.2, -0.15) is 0 Å². The molecule has 1 fully saturated rings. The molecule has 0 saturated heterocycles. The molecule has 2 N–H and O–H groups in total. The predicted molar refractivity (Wildman–Crippen MR) is 68.1 cm³/mol. The van der Waals surface area contributed by atoms with Gasteiger partial charge < -0.3 is 5.11 Å². The number of sulfonamides is 1. The Morgan fingerprint density at radius 3 is 2.61 bits per heavy atom. The molecule has 0 heterocycles. The van der Waals surface area contributed by atoms with Gasteiger partial charge in [0.05, 0.1) is 5.60 Å². The van der Waals surface area contributed by atoms with Crippen LogP contribution in [-0.4, -0.2) is 25.7 Å². The fourth-order valence-corrected chi connectivity index (χ4v) is 4.04. The molecule has 1 aromatic rings. The van der Waals surface area contributed by atoms with Gasteiger partial charge in [0.25, 0.3) is 0 Å². The zero-order valence-corrected chi connectivity index (χ0v) is 11.9. The van der Waals surface area contributed by atoms with E-state index in [1.54, 1.807) is 0 Å². The zero-order chi connectivity index (χ0) is 13.4. The van der Waals surface area contributed by atoms with Crippen LogP contribution in [0.25, 0.3) is 0 Å². The van der Waals surface area contributed by atoms with Gasteiger partial charge in [-0.25, -0.2) is 17.5 Å². The third kappa shape index (κ3) is 2.74. The van der Waals surface area contributed by atoms with Crippen molar-refractivity contribution in [3.63, 3.8) is 0 Å². The van der Waals surface area contributed by atoms with Crippen LogP contribution in [0.4, 0.5) is 4.39 Å². The fraction of sp³-hybridized carbons (Fsp3) is 0.455. The molecular weight excluding hydrogens is 325 g/mol. The molecule has 7 heteroatoms. The molecule has 0 bridgehead atoms. The minimum atomic E-state index is -3.96. The first kappa shape index (κ1) is 13.9. The van der Waals surface area contributed by atoms with Crippen molar-refractivity contribution in [2.75, 3.05) is 6.54 Å². The third-order valence-electron chi connectivity index (χ3n) is 3.06. The maximum Gasteiger partial charge on any atom is 0.244 e. The Hall–Kier alpha value is -0.500. The highest BCUT2D eigenvalue weighted by Gasteiger charge is 2.36. The normalized spacial score (nSPS) is 18.4. The summed E-state index contributed by atoms with van der Waals surface area (Å²) in [5, 5.41) is 9.83. The van der Waals surface area contributed by atoms with Crippen LogP contribution >= 0.6 is 15.9 Å². The van der Waals surface area contributed by atoms with Gasteiger partial charge in [0.1, 0.15) is 10.7 Å². The van der Waals surface area contributed by atoms with Crippen molar-refractivity contribution in [2.24, 2.45) is 0 Å². The second kappa shape index (κ2) is 4.88. The quantitative estimate of drug-likeness (QED) is 0.880. The Bertz CT molecular complexity index is 537. The summed E-state index contributed by atoms with van der Waals surface area (Å²) in [6.07, 6.45) is 2.00. The topological polar surface area (TPSA) is 66.4 Å². The average Bonchev–Trinajstić information content (AvgIpc) is 2.23. The molecule has 1 saturated carbocycles. The maximum atomic E-state index is 13.6. The molecule has 4 nitrogen and oxygen atoms in total. The number of rotatable bonds is 4. The third-order valence-corrected chi connectivity index (χ3v) is 5.46. The van der Waals surface area contributed by atoms with E-state index < -0.39 is 26.3 Å². The van der Waals surface area contributed by atoms with Gasteiger partial charge in [0.2, 0.25) is 10.0 Å². The van der Waals surface area contributed by atoms with E-state index >= 15 is 0 Å². The molecule has 1 aromatic carbocycles. The Balaban J connectivity index is 2.20. The van der Waals surface area contributed by atoms with E-state index in [9.17, 15) is 17.9 Å². The van der Waals surface area contributed by atoms with Crippen molar-refractivity contribution in [3.8, 4) is 0 Å². The Morgan fingerprint density at radius 1 is 1.44 bits per heavy atom. The van der Waals surface area contributed by atoms with Crippen molar-refractivity contribution >= 4 is 26.0 Å².